The Morgan fingerprint density at radius 1 is 1.20 bits per heavy atom. The Bertz CT molecular complexity index is 689. The summed E-state index contributed by atoms with van der Waals surface area (Å²) in [4.78, 5) is 12.0. The van der Waals surface area contributed by atoms with Crippen LogP contribution in [-0.4, -0.2) is 5.91 Å². The molecule has 2 aromatic carbocycles. The van der Waals surface area contributed by atoms with E-state index in [0.29, 0.717) is 10.2 Å². The summed E-state index contributed by atoms with van der Waals surface area (Å²) in [7, 11) is 0. The Kier molecular flexibility index (Phi) is 4.04. The van der Waals surface area contributed by atoms with Crippen LogP contribution in [0.2, 0.25) is 0 Å². The molecule has 0 atom stereocenters. The first-order valence-electron chi connectivity index (χ1n) is 5.70. The number of nitrogens with one attached hydrogen (secondary N) is 1. The van der Waals surface area contributed by atoms with Crippen molar-refractivity contribution in [3.63, 3.8) is 0 Å². The van der Waals surface area contributed by atoms with Gasteiger partial charge in [-0.05, 0) is 52.7 Å². The van der Waals surface area contributed by atoms with Crippen molar-refractivity contribution in [2.75, 3.05) is 11.1 Å². The van der Waals surface area contributed by atoms with Crippen molar-refractivity contribution in [3.05, 3.63) is 57.6 Å². The first kappa shape index (κ1) is 14.5. The maximum atomic E-state index is 13.6. The van der Waals surface area contributed by atoms with Crippen LogP contribution in [0.3, 0.4) is 0 Å². The molecule has 0 fully saturated rings. The van der Waals surface area contributed by atoms with Crippen LogP contribution in [0, 0.1) is 18.6 Å². The van der Waals surface area contributed by atoms with Gasteiger partial charge in [0.1, 0.15) is 11.6 Å². The monoisotopic (exact) mass is 340 g/mol. The van der Waals surface area contributed by atoms with Crippen molar-refractivity contribution in [2.24, 2.45) is 0 Å². The lowest BCUT2D eigenvalue weighted by Crippen LogP contribution is -2.13. The maximum absolute atomic E-state index is 13.6. The molecular formula is C14H11BrF2N2O. The molecule has 0 saturated carbocycles. The lowest BCUT2D eigenvalue weighted by molar-refractivity contribution is 0.102. The Balaban J connectivity index is 2.27. The second kappa shape index (κ2) is 5.58. The summed E-state index contributed by atoms with van der Waals surface area (Å²) in [6.45, 7) is 1.45. The minimum atomic E-state index is -0.688. The topological polar surface area (TPSA) is 55.1 Å². The van der Waals surface area contributed by atoms with Gasteiger partial charge in [0, 0.05) is 21.8 Å². The average Bonchev–Trinajstić information content (AvgIpc) is 2.39. The van der Waals surface area contributed by atoms with Crippen molar-refractivity contribution in [1.82, 2.24) is 0 Å². The molecule has 0 bridgehead atoms. The fraction of sp³-hybridized carbons (Fsp3) is 0.0714. The van der Waals surface area contributed by atoms with Crippen molar-refractivity contribution in [3.8, 4) is 0 Å². The van der Waals surface area contributed by atoms with Gasteiger partial charge in [-0.3, -0.25) is 4.79 Å². The zero-order valence-corrected chi connectivity index (χ0v) is 12.1. The number of halogens is 3. The van der Waals surface area contributed by atoms with Crippen LogP contribution in [0.5, 0.6) is 0 Å². The van der Waals surface area contributed by atoms with Gasteiger partial charge in [-0.25, -0.2) is 8.78 Å². The van der Waals surface area contributed by atoms with Gasteiger partial charge in [0.15, 0.2) is 0 Å². The molecule has 20 heavy (non-hydrogen) atoms. The largest absolute Gasteiger partial charge is 0.398 e. The number of hydrogen-bond acceptors (Lipinski definition) is 2. The van der Waals surface area contributed by atoms with Crippen LogP contribution in [0.4, 0.5) is 20.2 Å². The Morgan fingerprint density at radius 2 is 1.90 bits per heavy atom. The summed E-state index contributed by atoms with van der Waals surface area (Å²) >= 11 is 3.20. The zero-order chi connectivity index (χ0) is 14.9. The predicted molar refractivity (Wildman–Crippen MR) is 77.6 cm³/mol. The van der Waals surface area contributed by atoms with Gasteiger partial charge in [0.25, 0.3) is 5.91 Å². The van der Waals surface area contributed by atoms with Gasteiger partial charge in [-0.2, -0.15) is 0 Å². The van der Waals surface area contributed by atoms with E-state index in [1.54, 1.807) is 6.07 Å². The van der Waals surface area contributed by atoms with E-state index in [1.165, 1.54) is 19.1 Å². The molecule has 104 valence electrons. The van der Waals surface area contributed by atoms with Crippen molar-refractivity contribution < 1.29 is 13.6 Å². The molecule has 0 saturated heterocycles. The highest BCUT2D eigenvalue weighted by atomic mass is 79.9. The summed E-state index contributed by atoms with van der Waals surface area (Å²) in [5.41, 5.74) is 6.35. The average molecular weight is 341 g/mol. The molecule has 2 aromatic rings. The number of nitrogen functional groups attached to an aromatic ring is 1. The summed E-state index contributed by atoms with van der Waals surface area (Å²) in [6.07, 6.45) is 0. The summed E-state index contributed by atoms with van der Waals surface area (Å²) in [6, 6.07) is 6.54. The zero-order valence-electron chi connectivity index (χ0n) is 10.5. The highest BCUT2D eigenvalue weighted by Crippen LogP contribution is 2.23. The lowest BCUT2D eigenvalue weighted by atomic mass is 10.1. The summed E-state index contributed by atoms with van der Waals surface area (Å²) < 4.78 is 27.6. The molecule has 3 nitrogen and oxygen atoms in total. The van der Waals surface area contributed by atoms with Gasteiger partial charge < -0.3 is 11.1 Å². The van der Waals surface area contributed by atoms with Crippen LogP contribution >= 0.6 is 15.9 Å². The first-order chi connectivity index (χ1) is 9.38. The van der Waals surface area contributed by atoms with Crippen molar-refractivity contribution in [1.29, 1.82) is 0 Å². The first-order valence-corrected chi connectivity index (χ1v) is 6.50. The molecule has 2 rings (SSSR count). The van der Waals surface area contributed by atoms with Gasteiger partial charge in [0.05, 0.1) is 5.69 Å². The fourth-order valence-electron chi connectivity index (χ4n) is 1.60. The highest BCUT2D eigenvalue weighted by molar-refractivity contribution is 9.10. The van der Waals surface area contributed by atoms with E-state index >= 15 is 0 Å². The number of aryl methyl sites for hydroxylation is 1. The molecule has 1 amide bonds. The van der Waals surface area contributed by atoms with Crippen LogP contribution in [0.1, 0.15) is 15.9 Å². The molecule has 0 unspecified atom stereocenters. The van der Waals surface area contributed by atoms with Gasteiger partial charge >= 0.3 is 0 Å². The SMILES string of the molecule is Cc1cc(F)c(NC(=O)c2ccc(N)c(Br)c2)cc1F. The lowest BCUT2D eigenvalue weighted by Gasteiger charge is -2.09. The molecule has 0 aromatic heterocycles. The van der Waals surface area contributed by atoms with Crippen LogP contribution in [-0.2, 0) is 0 Å². The Labute approximate surface area is 122 Å². The normalized spacial score (nSPS) is 10.4. The number of anilines is 2. The molecule has 0 heterocycles. The maximum Gasteiger partial charge on any atom is 0.255 e. The Morgan fingerprint density at radius 3 is 2.55 bits per heavy atom. The smallest absolute Gasteiger partial charge is 0.255 e. The van der Waals surface area contributed by atoms with Crippen molar-refractivity contribution in [2.45, 2.75) is 6.92 Å². The van der Waals surface area contributed by atoms with E-state index < -0.39 is 17.5 Å². The number of amides is 1. The molecule has 0 radical (unpaired) electrons. The number of nitrogens with two attached hydrogens (primary N) is 1. The third-order valence-electron chi connectivity index (χ3n) is 2.76. The van der Waals surface area contributed by atoms with E-state index in [0.717, 1.165) is 12.1 Å². The van der Waals surface area contributed by atoms with Gasteiger partial charge in [-0.15, -0.1) is 0 Å². The quantitative estimate of drug-likeness (QED) is 0.815. The second-order valence-corrected chi connectivity index (χ2v) is 5.13. The van der Waals surface area contributed by atoms with Gasteiger partial charge in [0.2, 0.25) is 0 Å². The van der Waals surface area contributed by atoms with E-state index in [2.05, 4.69) is 21.2 Å². The van der Waals surface area contributed by atoms with E-state index in [1.807, 2.05) is 0 Å². The van der Waals surface area contributed by atoms with Crippen molar-refractivity contribution >= 4 is 33.2 Å². The minimum Gasteiger partial charge on any atom is -0.398 e. The highest BCUT2D eigenvalue weighted by Gasteiger charge is 2.12. The molecule has 0 spiro atoms. The van der Waals surface area contributed by atoms with E-state index in [4.69, 9.17) is 5.73 Å². The number of benzene rings is 2. The molecule has 3 N–H and O–H groups in total. The van der Waals surface area contributed by atoms with E-state index in [9.17, 15) is 13.6 Å². The predicted octanol–water partition coefficient (Wildman–Crippen LogP) is 3.87. The standard InChI is InChI=1S/C14H11BrF2N2O/c1-7-4-11(17)13(6-10(7)16)19-14(20)8-2-3-12(18)9(15)5-8/h2-6H,18H2,1H3,(H,19,20). The third kappa shape index (κ3) is 2.96. The minimum absolute atomic E-state index is 0.177. The molecule has 0 aliphatic carbocycles. The number of hydrogen-bond donors (Lipinski definition) is 2. The van der Waals surface area contributed by atoms with Crippen LogP contribution in [0.25, 0.3) is 0 Å². The number of carbonyl (C=O) groups excluding carboxylic acids is 1. The molecule has 0 aliphatic rings. The third-order valence-corrected chi connectivity index (χ3v) is 3.45. The Hall–Kier alpha value is -1.95. The summed E-state index contributed by atoms with van der Waals surface area (Å²) in [5.74, 6) is -1.82. The van der Waals surface area contributed by atoms with Crippen LogP contribution < -0.4 is 11.1 Å². The number of rotatable bonds is 2. The van der Waals surface area contributed by atoms with Gasteiger partial charge in [-0.1, -0.05) is 0 Å². The second-order valence-electron chi connectivity index (χ2n) is 4.27. The van der Waals surface area contributed by atoms with E-state index in [-0.39, 0.29) is 16.8 Å². The molecule has 0 aliphatic heterocycles. The molecule has 6 heteroatoms. The molecular weight excluding hydrogens is 330 g/mol. The summed E-state index contributed by atoms with van der Waals surface area (Å²) in [5, 5.41) is 2.33. The fourth-order valence-corrected chi connectivity index (χ4v) is 1.98. The van der Waals surface area contributed by atoms with Crippen LogP contribution in [0.15, 0.2) is 34.8 Å². The number of carbonyl (C=O) groups is 1.